The monoisotopic (exact) mass is 258 g/mol. The molecule has 0 radical (unpaired) electrons. The zero-order valence-corrected chi connectivity index (χ0v) is 11.5. The molecule has 0 nitrogen and oxygen atoms in total. The van der Waals surface area contributed by atoms with Gasteiger partial charge in [-0.25, -0.2) is 0 Å². The van der Waals surface area contributed by atoms with Crippen LogP contribution in [0.5, 0.6) is 0 Å². The topological polar surface area (TPSA) is 0 Å². The van der Waals surface area contributed by atoms with E-state index in [0.29, 0.717) is 0 Å². The molecule has 98 valence electrons. The quantitative estimate of drug-likeness (QED) is 0.603. The van der Waals surface area contributed by atoms with Crippen LogP contribution >= 0.6 is 0 Å². The molecule has 0 fully saturated rings. The van der Waals surface area contributed by atoms with E-state index in [1.165, 1.54) is 16.3 Å². The Morgan fingerprint density at radius 2 is 1.60 bits per heavy atom. The second-order valence-electron chi connectivity index (χ2n) is 4.44. The molecule has 0 amide bonds. The summed E-state index contributed by atoms with van der Waals surface area (Å²) in [5.74, 6) is 0. The fraction of sp³-hybridized carbons (Fsp3) is 0. The highest BCUT2D eigenvalue weighted by molar-refractivity contribution is 5.96. The summed E-state index contributed by atoms with van der Waals surface area (Å²) in [5, 5.41) is 2.45. The largest absolute Gasteiger partial charge is 0.0990 e. The van der Waals surface area contributed by atoms with Crippen molar-refractivity contribution in [2.45, 2.75) is 0 Å². The van der Waals surface area contributed by atoms with E-state index in [9.17, 15) is 0 Å². The minimum Gasteiger partial charge on any atom is -0.0990 e. The Bertz CT molecular complexity index is 706. The average molecular weight is 258 g/mol. The van der Waals surface area contributed by atoms with Crippen molar-refractivity contribution < 1.29 is 0 Å². The van der Waals surface area contributed by atoms with Crippen LogP contribution in [0.1, 0.15) is 5.56 Å². The first-order valence-electron chi connectivity index (χ1n) is 6.57. The number of hydrogen-bond acceptors (Lipinski definition) is 0. The number of hydrogen-bond donors (Lipinski definition) is 0. The van der Waals surface area contributed by atoms with Crippen molar-refractivity contribution >= 4 is 16.3 Å². The molecule has 0 saturated carbocycles. The third-order valence-corrected chi connectivity index (χ3v) is 3.19. The van der Waals surface area contributed by atoms with Crippen LogP contribution < -0.4 is 0 Å². The van der Waals surface area contributed by atoms with Gasteiger partial charge >= 0.3 is 0 Å². The molecule has 0 aromatic heterocycles. The molecule has 2 aromatic carbocycles. The van der Waals surface area contributed by atoms with Crippen LogP contribution in [0.2, 0.25) is 0 Å². The standard InChI is InChI=1S/C20H18/c1-4-10-16(5-2)15-17(6-3)19-14-9-12-18-11-7-8-13-20(18)19/h4-15H,1-3H2/b16-10+,17-15+. The SMILES string of the molecule is C=C/C=C(C=C)/C=C(\C=C)c1cccc2ccccc12. The van der Waals surface area contributed by atoms with Gasteiger partial charge in [-0.05, 0) is 33.6 Å². The Morgan fingerprint density at radius 1 is 0.850 bits per heavy atom. The molecule has 0 spiro atoms. The first kappa shape index (κ1) is 13.8. The maximum atomic E-state index is 3.94. The van der Waals surface area contributed by atoms with E-state index in [-0.39, 0.29) is 0 Å². The van der Waals surface area contributed by atoms with Gasteiger partial charge in [0.1, 0.15) is 0 Å². The molecule has 0 aliphatic carbocycles. The number of benzene rings is 2. The smallest absolute Gasteiger partial charge is 0.0105 e. The minimum atomic E-state index is 1.02. The van der Waals surface area contributed by atoms with Gasteiger partial charge in [0.25, 0.3) is 0 Å². The van der Waals surface area contributed by atoms with Gasteiger partial charge in [0.15, 0.2) is 0 Å². The Balaban J connectivity index is 2.63. The van der Waals surface area contributed by atoms with Crippen molar-refractivity contribution in [1.82, 2.24) is 0 Å². The van der Waals surface area contributed by atoms with Crippen molar-refractivity contribution in [1.29, 1.82) is 0 Å². The Hall–Kier alpha value is -2.60. The summed E-state index contributed by atoms with van der Waals surface area (Å²) in [6, 6.07) is 14.7. The fourth-order valence-electron chi connectivity index (χ4n) is 2.21. The lowest BCUT2D eigenvalue weighted by molar-refractivity contribution is 1.64. The van der Waals surface area contributed by atoms with Gasteiger partial charge in [-0.1, -0.05) is 86.5 Å². The van der Waals surface area contributed by atoms with Gasteiger partial charge in [0.05, 0.1) is 0 Å². The van der Waals surface area contributed by atoms with Crippen LogP contribution in [-0.4, -0.2) is 0 Å². The molecule has 0 saturated heterocycles. The molecular weight excluding hydrogens is 240 g/mol. The third-order valence-electron chi connectivity index (χ3n) is 3.19. The second kappa shape index (κ2) is 6.53. The van der Waals surface area contributed by atoms with Crippen molar-refractivity contribution in [2.75, 3.05) is 0 Å². The lowest BCUT2D eigenvalue weighted by Gasteiger charge is -2.08. The molecule has 2 aromatic rings. The number of rotatable bonds is 5. The lowest BCUT2D eigenvalue weighted by Crippen LogP contribution is -1.85. The van der Waals surface area contributed by atoms with Gasteiger partial charge in [-0.15, -0.1) is 0 Å². The summed E-state index contributed by atoms with van der Waals surface area (Å²) in [4.78, 5) is 0. The Morgan fingerprint density at radius 3 is 2.30 bits per heavy atom. The summed E-state index contributed by atoms with van der Waals surface area (Å²) < 4.78 is 0. The van der Waals surface area contributed by atoms with Crippen LogP contribution in [0.25, 0.3) is 16.3 Å². The van der Waals surface area contributed by atoms with Crippen molar-refractivity contribution in [3.63, 3.8) is 0 Å². The average Bonchev–Trinajstić information content (AvgIpc) is 2.51. The maximum Gasteiger partial charge on any atom is -0.0105 e. The van der Waals surface area contributed by atoms with Crippen molar-refractivity contribution in [3.05, 3.63) is 104 Å². The molecule has 0 aliphatic rings. The van der Waals surface area contributed by atoms with Crippen molar-refractivity contribution in [2.24, 2.45) is 0 Å². The molecule has 20 heavy (non-hydrogen) atoms. The van der Waals surface area contributed by atoms with Crippen LogP contribution in [0.3, 0.4) is 0 Å². The lowest BCUT2D eigenvalue weighted by atomic mass is 9.96. The Labute approximate surface area is 120 Å². The summed E-state index contributed by atoms with van der Waals surface area (Å²) in [5.41, 5.74) is 3.27. The van der Waals surface area contributed by atoms with Gasteiger partial charge in [-0.3, -0.25) is 0 Å². The minimum absolute atomic E-state index is 1.02. The highest BCUT2D eigenvalue weighted by atomic mass is 14.1. The van der Waals surface area contributed by atoms with E-state index in [1.807, 2.05) is 18.2 Å². The van der Waals surface area contributed by atoms with E-state index in [0.717, 1.165) is 11.1 Å². The summed E-state index contributed by atoms with van der Waals surface area (Å²) in [7, 11) is 0. The summed E-state index contributed by atoms with van der Waals surface area (Å²) >= 11 is 0. The predicted molar refractivity (Wildman–Crippen MR) is 90.6 cm³/mol. The molecule has 0 aliphatic heterocycles. The second-order valence-corrected chi connectivity index (χ2v) is 4.44. The highest BCUT2D eigenvalue weighted by Gasteiger charge is 2.03. The normalized spacial score (nSPS) is 12.2. The first-order chi connectivity index (χ1) is 9.80. The Kier molecular flexibility index (Phi) is 4.52. The zero-order chi connectivity index (χ0) is 14.4. The van der Waals surface area contributed by atoms with Gasteiger partial charge in [0, 0.05) is 0 Å². The van der Waals surface area contributed by atoms with E-state index < -0.39 is 0 Å². The van der Waals surface area contributed by atoms with Crippen LogP contribution in [0, 0.1) is 0 Å². The van der Waals surface area contributed by atoms with Crippen LogP contribution in [0.15, 0.2) is 98.2 Å². The summed E-state index contributed by atoms with van der Waals surface area (Å²) in [6.07, 6.45) is 9.46. The molecular formula is C20H18. The predicted octanol–water partition coefficient (Wildman–Crippen LogP) is 5.71. The number of allylic oxidation sites excluding steroid dienone is 7. The zero-order valence-electron chi connectivity index (χ0n) is 11.5. The first-order valence-corrected chi connectivity index (χ1v) is 6.57. The molecule has 0 bridgehead atoms. The van der Waals surface area contributed by atoms with E-state index in [1.54, 1.807) is 6.08 Å². The molecule has 0 unspecified atom stereocenters. The van der Waals surface area contributed by atoms with E-state index in [2.05, 4.69) is 68.3 Å². The third kappa shape index (κ3) is 2.86. The van der Waals surface area contributed by atoms with Crippen molar-refractivity contribution in [3.8, 4) is 0 Å². The van der Waals surface area contributed by atoms with E-state index >= 15 is 0 Å². The highest BCUT2D eigenvalue weighted by Crippen LogP contribution is 2.26. The maximum absolute atomic E-state index is 3.94. The van der Waals surface area contributed by atoms with Gasteiger partial charge in [-0.2, -0.15) is 0 Å². The van der Waals surface area contributed by atoms with E-state index in [4.69, 9.17) is 0 Å². The molecule has 0 N–H and O–H groups in total. The fourth-order valence-corrected chi connectivity index (χ4v) is 2.21. The molecule has 0 heterocycles. The van der Waals surface area contributed by atoms with Gasteiger partial charge < -0.3 is 0 Å². The van der Waals surface area contributed by atoms with Crippen LogP contribution in [-0.2, 0) is 0 Å². The summed E-state index contributed by atoms with van der Waals surface area (Å²) in [6.45, 7) is 11.5. The van der Waals surface area contributed by atoms with Gasteiger partial charge in [0.2, 0.25) is 0 Å². The van der Waals surface area contributed by atoms with Crippen LogP contribution in [0.4, 0.5) is 0 Å². The molecule has 0 heteroatoms. The molecule has 0 atom stereocenters. The molecule has 2 rings (SSSR count). The number of fused-ring (bicyclic) bond motifs is 1.